The van der Waals surface area contributed by atoms with Gasteiger partial charge in [-0.05, 0) is 6.42 Å². The summed E-state index contributed by atoms with van der Waals surface area (Å²) in [6.45, 7) is -2.32. The van der Waals surface area contributed by atoms with Gasteiger partial charge in [0.2, 0.25) is 17.7 Å². The molecule has 0 spiro atoms. The van der Waals surface area contributed by atoms with Gasteiger partial charge in [-0.1, -0.05) is 39.0 Å². The fourth-order valence-electron chi connectivity index (χ4n) is 13.7. The summed E-state index contributed by atoms with van der Waals surface area (Å²) in [6, 6.07) is -5.24. The molecule has 0 unspecified atom stereocenters. The van der Waals surface area contributed by atoms with E-state index in [4.69, 9.17) is 75.8 Å². The van der Waals surface area contributed by atoms with E-state index in [0.29, 0.717) is 6.42 Å². The van der Waals surface area contributed by atoms with Gasteiger partial charge in [-0.3, -0.25) is 14.4 Å². The number of aliphatic hydroxyl groups excluding tert-OH is 22. The first-order valence-electron chi connectivity index (χ1n) is 35.1. The van der Waals surface area contributed by atoms with E-state index < -0.39 is 316 Å². The van der Waals surface area contributed by atoms with Gasteiger partial charge in [0, 0.05) is 27.4 Å². The fraction of sp³-hybridized carbons (Fsp3) is 0.952. The molecule has 8 aliphatic heterocycles. The quantitative estimate of drug-likeness (QED) is 0.0271. The number of aliphatic hydroxyl groups is 22. The summed E-state index contributed by atoms with van der Waals surface area (Å²) in [4.78, 5) is 38.0. The summed E-state index contributed by atoms with van der Waals surface area (Å²) >= 11 is 0. The third-order valence-electron chi connectivity index (χ3n) is 19.6. The Bertz CT molecular complexity index is 2660. The lowest BCUT2D eigenvalue weighted by molar-refractivity contribution is -0.385. The third kappa shape index (κ3) is 20.8. The van der Waals surface area contributed by atoms with Crippen LogP contribution in [0.15, 0.2) is 0 Å². The van der Waals surface area contributed by atoms with E-state index in [1.165, 1.54) is 0 Å². The number of unbranched alkanes of at least 4 members (excludes halogenated alkanes) is 5. The molecule has 8 heterocycles. The van der Waals surface area contributed by atoms with Crippen LogP contribution in [0.25, 0.3) is 0 Å². The number of hydrogen-bond donors (Lipinski definition) is 25. The van der Waals surface area contributed by atoms with Crippen molar-refractivity contribution in [2.45, 2.75) is 312 Å². The largest absolute Gasteiger partial charge is 0.394 e. The van der Waals surface area contributed by atoms with Crippen molar-refractivity contribution in [3.05, 3.63) is 0 Å². The molecule has 40 atom stereocenters. The van der Waals surface area contributed by atoms with Crippen LogP contribution in [0.3, 0.4) is 0 Å². The van der Waals surface area contributed by atoms with Gasteiger partial charge in [0.05, 0.1) is 52.9 Å². The van der Waals surface area contributed by atoms with E-state index in [1.54, 1.807) is 0 Å². The van der Waals surface area contributed by atoms with Crippen LogP contribution in [0.2, 0.25) is 0 Å². The molecule has 0 aromatic carbocycles. The molecule has 3 amide bonds. The lowest BCUT2D eigenvalue weighted by Gasteiger charge is -2.51. The Kier molecular flexibility index (Phi) is 33.9. The Morgan fingerprint density at radius 3 is 0.887 bits per heavy atom. The van der Waals surface area contributed by atoms with Gasteiger partial charge in [0.1, 0.15) is 195 Å². The molecule has 616 valence electrons. The topological polar surface area (TPSA) is 680 Å². The average molecular weight is 1550 g/mol. The normalized spacial score (nSPS) is 46.7. The molecule has 25 N–H and O–H groups in total. The average Bonchev–Trinajstić information content (AvgIpc) is 0.771. The highest BCUT2D eigenvalue weighted by Crippen LogP contribution is 2.38. The molecule has 44 nitrogen and oxygen atoms in total. The predicted molar refractivity (Wildman–Crippen MR) is 336 cm³/mol. The Hall–Kier alpha value is -3.11. The maximum absolute atomic E-state index is 12.8. The van der Waals surface area contributed by atoms with Crippen molar-refractivity contribution in [1.29, 1.82) is 0 Å². The number of rotatable bonds is 33. The molecule has 0 aromatic rings. The molecule has 8 rings (SSSR count). The summed E-state index contributed by atoms with van der Waals surface area (Å²) < 4.78 is 93.1. The Labute approximate surface area is 605 Å². The molecule has 0 bridgehead atoms. The van der Waals surface area contributed by atoms with Crippen LogP contribution in [0.4, 0.5) is 0 Å². The molecule has 106 heavy (non-hydrogen) atoms. The lowest BCUT2D eigenvalue weighted by Crippen LogP contribution is -2.70. The first-order chi connectivity index (χ1) is 50.4. The summed E-state index contributed by atoms with van der Waals surface area (Å²) in [5.74, 6) is -2.53. The molecule has 8 aliphatic rings. The van der Waals surface area contributed by atoms with Crippen molar-refractivity contribution in [3.63, 3.8) is 0 Å². The SMILES string of the molecule is CCCCCCCCO[C@@H]1O[C@H](CO[C@H]2O[C@H](CO[C@@H]3O[C@H](CO)[C@@H](O[C@@H]4O[C@H](CO)[C@H](O[C@@H]5O[C@H](CO)[C@@H](O[C@@H]6O[C@H](CO)[C@H](O[C@@H]7O[C@H](CO)[C@@H](O[C@@H]8O[C@H](CO)[C@H](O)[C@H](O)[C@H]8O)[C@H](O)[C@H]7NC(C)=O)[C@H](O)[C@H]6O)[C@H](O)[C@H]5NC(C)=O)[C@H](O)[C@H]4O)[C@H](O)[C@H]3NC(C)=O)[C@@H](O)[C@H](O)[C@@H]2O)[C@@H](O)[C@H](O)[C@@H]1O. The number of amides is 3. The van der Waals surface area contributed by atoms with Crippen LogP contribution in [-0.2, 0) is 90.2 Å². The monoisotopic (exact) mass is 1550 g/mol. The Morgan fingerprint density at radius 2 is 0.528 bits per heavy atom. The third-order valence-corrected chi connectivity index (χ3v) is 19.6. The minimum absolute atomic E-state index is 0.152. The first kappa shape index (κ1) is 88.5. The first-order valence-corrected chi connectivity index (χ1v) is 35.1. The molecule has 8 fully saturated rings. The van der Waals surface area contributed by atoms with Crippen LogP contribution in [0, 0.1) is 0 Å². The number of carbonyl (C=O) groups excluding carboxylic acids is 3. The van der Waals surface area contributed by atoms with E-state index in [0.717, 1.165) is 52.9 Å². The zero-order valence-corrected chi connectivity index (χ0v) is 58.3. The minimum atomic E-state index is -2.26. The summed E-state index contributed by atoms with van der Waals surface area (Å²) in [5, 5.41) is 248. The van der Waals surface area contributed by atoms with Gasteiger partial charge in [-0.25, -0.2) is 0 Å². The lowest BCUT2D eigenvalue weighted by atomic mass is 9.93. The minimum Gasteiger partial charge on any atom is -0.394 e. The smallest absolute Gasteiger partial charge is 0.217 e. The van der Waals surface area contributed by atoms with Crippen molar-refractivity contribution in [2.75, 3.05) is 59.5 Å². The van der Waals surface area contributed by atoms with Gasteiger partial charge < -0.3 is 204 Å². The predicted octanol–water partition coefficient (Wildman–Crippen LogP) is -14.6. The highest BCUT2D eigenvalue weighted by atomic mass is 16.8. The van der Waals surface area contributed by atoms with E-state index in [2.05, 4.69) is 22.9 Å². The van der Waals surface area contributed by atoms with Crippen LogP contribution >= 0.6 is 0 Å². The van der Waals surface area contributed by atoms with E-state index >= 15 is 0 Å². The molecule has 0 saturated carbocycles. The van der Waals surface area contributed by atoms with Crippen LogP contribution in [0.5, 0.6) is 0 Å². The number of hydrogen-bond acceptors (Lipinski definition) is 41. The molecule has 44 heteroatoms. The fourth-order valence-corrected chi connectivity index (χ4v) is 13.7. The molecule has 0 radical (unpaired) electrons. The molecular weight excluding hydrogens is 1440 g/mol. The van der Waals surface area contributed by atoms with E-state index in [1.807, 2.05) is 0 Å². The van der Waals surface area contributed by atoms with Crippen LogP contribution in [0.1, 0.15) is 66.2 Å². The van der Waals surface area contributed by atoms with Crippen LogP contribution in [-0.4, -0.2) is 435 Å². The van der Waals surface area contributed by atoms with Crippen molar-refractivity contribution >= 4 is 17.7 Å². The zero-order valence-electron chi connectivity index (χ0n) is 58.3. The summed E-state index contributed by atoms with van der Waals surface area (Å²) in [7, 11) is 0. The maximum Gasteiger partial charge on any atom is 0.217 e. The van der Waals surface area contributed by atoms with Crippen LogP contribution < -0.4 is 16.0 Å². The van der Waals surface area contributed by atoms with Crippen molar-refractivity contribution < 1.29 is 203 Å². The van der Waals surface area contributed by atoms with E-state index in [9.17, 15) is 127 Å². The van der Waals surface area contributed by atoms with Gasteiger partial charge >= 0.3 is 0 Å². The molecule has 0 aromatic heterocycles. The number of ether oxygens (including phenoxy) is 16. The molecule has 0 aliphatic carbocycles. The second-order valence-corrected chi connectivity index (χ2v) is 27.3. The highest BCUT2D eigenvalue weighted by molar-refractivity contribution is 5.74. The molecule has 8 saturated heterocycles. The highest BCUT2D eigenvalue weighted by Gasteiger charge is 2.59. The standard InChI is InChI=1S/C62H107N3O41/c1-5-6-7-8-9-10-11-91-58-45(86)41(82)36(77)30(100-58)19-93-59-46(87)42(83)35(76)29(101-59)18-92-55-31(63-20(2)72)37(78)50(24(13-67)95-55)105-61-48(89)43(84)53(27(16-70)98-61)103-57-33(65-22(4)74)39(80)52(26(15-69)97-57)106-62-49(90)44(85)54(28(17-71)99-62)102-56-32(64-21(3)73)38(79)51(25(14-68)96-56)104-60-47(88)40(81)34(75)23(12-66)94-60/h23-62,66-71,75-90H,5-19H2,1-4H3,(H,63,72)(H,64,73)(H,65,74)/t23-,24-,25-,26-,27-,28-,29-,30-,31-,32-,33-,34+,35-,36-,37-,38-,39-,40+,41+,42+,43-,44-,45+,46+,47-,48-,49-,50-,51-,52-,53+,54+,55-,56+,57+,58-,59+,60+,61+,62+/m1/s1. The Balaban J connectivity index is 0.886. The molecular formula is C62H107N3O41. The Morgan fingerprint density at radius 1 is 0.274 bits per heavy atom. The van der Waals surface area contributed by atoms with Gasteiger partial charge in [-0.2, -0.15) is 0 Å². The van der Waals surface area contributed by atoms with Gasteiger partial charge in [0.25, 0.3) is 0 Å². The zero-order chi connectivity index (χ0) is 77.9. The van der Waals surface area contributed by atoms with Crippen molar-refractivity contribution in [3.8, 4) is 0 Å². The summed E-state index contributed by atoms with van der Waals surface area (Å²) in [5.41, 5.74) is 0. The van der Waals surface area contributed by atoms with Gasteiger partial charge in [0.15, 0.2) is 50.3 Å². The van der Waals surface area contributed by atoms with E-state index in [-0.39, 0.29) is 6.61 Å². The second kappa shape index (κ2) is 40.6. The van der Waals surface area contributed by atoms with Gasteiger partial charge in [-0.15, -0.1) is 0 Å². The number of nitrogens with one attached hydrogen (secondary N) is 3. The number of carbonyl (C=O) groups is 3. The van der Waals surface area contributed by atoms with Crippen molar-refractivity contribution in [2.24, 2.45) is 0 Å². The second-order valence-electron chi connectivity index (χ2n) is 27.3. The summed E-state index contributed by atoms with van der Waals surface area (Å²) in [6.07, 6.45) is -63.8. The maximum atomic E-state index is 12.8. The van der Waals surface area contributed by atoms with Crippen molar-refractivity contribution in [1.82, 2.24) is 16.0 Å².